The lowest BCUT2D eigenvalue weighted by Crippen LogP contribution is -2.09. The monoisotopic (exact) mass is 191 g/mol. The quantitative estimate of drug-likeness (QED) is 0.758. The number of aryl methyl sites for hydroxylation is 1. The average Bonchev–Trinajstić information content (AvgIpc) is 2.20. The van der Waals surface area contributed by atoms with Gasteiger partial charge in [-0.15, -0.1) is 0 Å². The van der Waals surface area contributed by atoms with Crippen LogP contribution < -0.4 is 5.73 Å². The molecule has 14 heavy (non-hydrogen) atoms. The van der Waals surface area contributed by atoms with Crippen LogP contribution in [0.5, 0.6) is 0 Å². The lowest BCUT2D eigenvalue weighted by molar-refractivity contribution is 0.638. The Morgan fingerprint density at radius 2 is 1.71 bits per heavy atom. The summed E-state index contributed by atoms with van der Waals surface area (Å²) < 4.78 is 0. The number of hydrogen-bond acceptors (Lipinski definition) is 1. The molecule has 0 aliphatic carbocycles. The maximum absolute atomic E-state index is 6.03. The van der Waals surface area contributed by atoms with E-state index in [4.69, 9.17) is 5.73 Å². The minimum Gasteiger partial charge on any atom is -0.324 e. The van der Waals surface area contributed by atoms with Crippen molar-refractivity contribution in [3.8, 4) is 0 Å². The molecular weight excluding hydrogens is 170 g/mol. The van der Waals surface area contributed by atoms with Gasteiger partial charge in [0.25, 0.3) is 0 Å². The van der Waals surface area contributed by atoms with Gasteiger partial charge in [0.1, 0.15) is 0 Å². The normalized spacial score (nSPS) is 12.8. The van der Waals surface area contributed by atoms with Gasteiger partial charge in [0.05, 0.1) is 0 Å². The molecule has 0 amide bonds. The molecule has 0 radical (unpaired) electrons. The third kappa shape index (κ3) is 3.15. The lowest BCUT2D eigenvalue weighted by atomic mass is 10.0. The van der Waals surface area contributed by atoms with Gasteiger partial charge in [-0.3, -0.25) is 0 Å². The van der Waals surface area contributed by atoms with Gasteiger partial charge in [0.15, 0.2) is 0 Å². The molecule has 1 rings (SSSR count). The minimum absolute atomic E-state index is 0.218. The number of nitrogens with two attached hydrogens (primary N) is 1. The Kier molecular flexibility index (Phi) is 4.68. The van der Waals surface area contributed by atoms with E-state index in [9.17, 15) is 0 Å². The predicted octanol–water partition coefficient (Wildman–Crippen LogP) is 3.44. The first-order valence-electron chi connectivity index (χ1n) is 5.62. The van der Waals surface area contributed by atoms with Crippen molar-refractivity contribution in [1.82, 2.24) is 0 Å². The predicted molar refractivity (Wildman–Crippen MR) is 62.3 cm³/mol. The molecule has 0 aliphatic heterocycles. The Labute approximate surface area is 87.3 Å². The van der Waals surface area contributed by atoms with Crippen LogP contribution in [0.15, 0.2) is 24.3 Å². The minimum atomic E-state index is 0.218. The van der Waals surface area contributed by atoms with E-state index in [0.717, 1.165) is 12.8 Å². The molecule has 0 fully saturated rings. The Bertz CT molecular complexity index is 250. The van der Waals surface area contributed by atoms with Crippen LogP contribution in [-0.2, 0) is 6.42 Å². The summed E-state index contributed by atoms with van der Waals surface area (Å²) in [4.78, 5) is 0. The van der Waals surface area contributed by atoms with Crippen molar-refractivity contribution in [3.63, 3.8) is 0 Å². The first-order chi connectivity index (χ1) is 6.77. The van der Waals surface area contributed by atoms with Gasteiger partial charge >= 0.3 is 0 Å². The van der Waals surface area contributed by atoms with Gasteiger partial charge < -0.3 is 5.73 Å². The van der Waals surface area contributed by atoms with Crippen LogP contribution >= 0.6 is 0 Å². The standard InChI is InChI=1S/C13H21N/c1-3-5-11-7-9-12(10-8-11)13(14)6-4-2/h7-10,13H,3-6,14H2,1-2H3/t13-/m1/s1. The molecule has 1 nitrogen and oxygen atoms in total. The van der Waals surface area contributed by atoms with E-state index in [1.54, 1.807) is 0 Å². The van der Waals surface area contributed by atoms with Gasteiger partial charge in [0.2, 0.25) is 0 Å². The number of benzene rings is 1. The van der Waals surface area contributed by atoms with Gasteiger partial charge in [0, 0.05) is 6.04 Å². The molecule has 78 valence electrons. The first-order valence-corrected chi connectivity index (χ1v) is 5.62. The molecule has 1 atom stereocenters. The van der Waals surface area contributed by atoms with Crippen molar-refractivity contribution < 1.29 is 0 Å². The summed E-state index contributed by atoms with van der Waals surface area (Å²) in [6, 6.07) is 8.97. The van der Waals surface area contributed by atoms with Crippen LogP contribution in [0, 0.1) is 0 Å². The average molecular weight is 191 g/mol. The molecule has 0 heterocycles. The molecular formula is C13H21N. The van der Waals surface area contributed by atoms with E-state index in [1.807, 2.05) is 0 Å². The molecule has 1 aromatic rings. The Balaban J connectivity index is 2.62. The number of rotatable bonds is 5. The highest BCUT2D eigenvalue weighted by Gasteiger charge is 2.03. The summed E-state index contributed by atoms with van der Waals surface area (Å²) in [5.74, 6) is 0. The van der Waals surface area contributed by atoms with Gasteiger partial charge in [-0.2, -0.15) is 0 Å². The molecule has 0 aliphatic rings. The van der Waals surface area contributed by atoms with Crippen molar-refractivity contribution in [2.75, 3.05) is 0 Å². The van der Waals surface area contributed by atoms with Crippen molar-refractivity contribution in [2.24, 2.45) is 5.73 Å². The van der Waals surface area contributed by atoms with Gasteiger partial charge in [-0.1, -0.05) is 51.0 Å². The number of hydrogen-bond donors (Lipinski definition) is 1. The van der Waals surface area contributed by atoms with Crippen molar-refractivity contribution in [2.45, 2.75) is 45.6 Å². The zero-order valence-electron chi connectivity index (χ0n) is 9.29. The van der Waals surface area contributed by atoms with Crippen LogP contribution in [0.1, 0.15) is 50.3 Å². The maximum Gasteiger partial charge on any atom is 0.0294 e. The zero-order valence-corrected chi connectivity index (χ0v) is 9.29. The highest BCUT2D eigenvalue weighted by molar-refractivity contribution is 5.24. The Hall–Kier alpha value is -0.820. The summed E-state index contributed by atoms with van der Waals surface area (Å²) in [5, 5.41) is 0. The second-order valence-electron chi connectivity index (χ2n) is 3.89. The summed E-state index contributed by atoms with van der Waals surface area (Å²) >= 11 is 0. The van der Waals surface area contributed by atoms with E-state index in [-0.39, 0.29) is 6.04 Å². The molecule has 0 aromatic heterocycles. The Morgan fingerprint density at radius 1 is 1.07 bits per heavy atom. The maximum atomic E-state index is 6.03. The van der Waals surface area contributed by atoms with Crippen LogP contribution in [0.3, 0.4) is 0 Å². The fourth-order valence-corrected chi connectivity index (χ4v) is 1.70. The summed E-state index contributed by atoms with van der Waals surface area (Å²) in [5.41, 5.74) is 8.72. The molecule has 1 aromatic carbocycles. The molecule has 0 saturated carbocycles. The molecule has 2 N–H and O–H groups in total. The van der Waals surface area contributed by atoms with Gasteiger partial charge in [-0.05, 0) is 24.0 Å². The summed E-state index contributed by atoms with van der Waals surface area (Å²) in [7, 11) is 0. The van der Waals surface area contributed by atoms with E-state index in [1.165, 1.54) is 24.0 Å². The lowest BCUT2D eigenvalue weighted by Gasteiger charge is -2.11. The topological polar surface area (TPSA) is 26.0 Å². The summed E-state index contributed by atoms with van der Waals surface area (Å²) in [6.07, 6.45) is 4.61. The van der Waals surface area contributed by atoms with E-state index < -0.39 is 0 Å². The molecule has 0 unspecified atom stereocenters. The van der Waals surface area contributed by atoms with Crippen LogP contribution in [-0.4, -0.2) is 0 Å². The largest absolute Gasteiger partial charge is 0.324 e. The second kappa shape index (κ2) is 5.82. The zero-order chi connectivity index (χ0) is 10.4. The molecule has 0 bridgehead atoms. The summed E-state index contributed by atoms with van der Waals surface area (Å²) in [6.45, 7) is 4.38. The SMILES string of the molecule is CCCc1ccc([C@H](N)CCC)cc1. The van der Waals surface area contributed by atoms with E-state index >= 15 is 0 Å². The highest BCUT2D eigenvalue weighted by Crippen LogP contribution is 2.16. The first kappa shape index (κ1) is 11.3. The molecule has 0 saturated heterocycles. The second-order valence-corrected chi connectivity index (χ2v) is 3.89. The molecule has 1 heteroatoms. The van der Waals surface area contributed by atoms with E-state index in [0.29, 0.717) is 0 Å². The van der Waals surface area contributed by atoms with Crippen molar-refractivity contribution in [1.29, 1.82) is 0 Å². The smallest absolute Gasteiger partial charge is 0.0294 e. The highest BCUT2D eigenvalue weighted by atomic mass is 14.6. The van der Waals surface area contributed by atoms with Gasteiger partial charge in [-0.25, -0.2) is 0 Å². The Morgan fingerprint density at radius 3 is 2.21 bits per heavy atom. The third-order valence-corrected chi connectivity index (χ3v) is 2.55. The van der Waals surface area contributed by atoms with Crippen LogP contribution in [0.4, 0.5) is 0 Å². The fraction of sp³-hybridized carbons (Fsp3) is 0.538. The third-order valence-electron chi connectivity index (χ3n) is 2.55. The van der Waals surface area contributed by atoms with Crippen LogP contribution in [0.25, 0.3) is 0 Å². The van der Waals surface area contributed by atoms with Crippen LogP contribution in [0.2, 0.25) is 0 Å². The van der Waals surface area contributed by atoms with Crippen molar-refractivity contribution >= 4 is 0 Å². The van der Waals surface area contributed by atoms with Crippen molar-refractivity contribution in [3.05, 3.63) is 35.4 Å². The van der Waals surface area contributed by atoms with E-state index in [2.05, 4.69) is 38.1 Å². The fourth-order valence-electron chi connectivity index (χ4n) is 1.70. The molecule has 0 spiro atoms.